The number of halogens is 1. The molecule has 6 heteroatoms. The third-order valence-corrected chi connectivity index (χ3v) is 4.26. The van der Waals surface area contributed by atoms with Gasteiger partial charge in [-0.05, 0) is 23.8 Å². The summed E-state index contributed by atoms with van der Waals surface area (Å²) in [5.74, 6) is 1.10. The summed E-state index contributed by atoms with van der Waals surface area (Å²) in [6.45, 7) is 6.30. The molecule has 0 atom stereocenters. The Hall–Kier alpha value is -2.47. The van der Waals surface area contributed by atoms with Crippen LogP contribution in [0.15, 0.2) is 53.0 Å². The first kappa shape index (κ1) is 18.3. The smallest absolute Gasteiger partial charge is 0.413 e. The van der Waals surface area contributed by atoms with Crippen molar-refractivity contribution in [3.63, 3.8) is 0 Å². The number of hydrogen-bond donors (Lipinski definition) is 1. The summed E-state index contributed by atoms with van der Waals surface area (Å²) in [5, 5.41) is 3.52. The SMILES string of the molecule is CC(C)(C)c1nc(NC(=O)OCc2ccccc2)c2ccc(Br)cc2n1. The Balaban J connectivity index is 1.87. The van der Waals surface area contributed by atoms with E-state index < -0.39 is 6.09 Å². The first-order valence-corrected chi connectivity index (χ1v) is 9.08. The molecule has 1 N–H and O–H groups in total. The minimum absolute atomic E-state index is 0.202. The van der Waals surface area contributed by atoms with Crippen LogP contribution in [0.5, 0.6) is 0 Å². The van der Waals surface area contributed by atoms with Crippen LogP contribution in [0.25, 0.3) is 10.9 Å². The standard InChI is InChI=1S/C20H20BrN3O2/c1-20(2,3)18-22-16-11-14(21)9-10-15(16)17(23-18)24-19(25)26-12-13-7-5-4-6-8-13/h4-11H,12H2,1-3H3,(H,22,23,24,25). The van der Waals surface area contributed by atoms with Crippen molar-refractivity contribution in [3.8, 4) is 0 Å². The molecule has 0 fully saturated rings. The molecule has 26 heavy (non-hydrogen) atoms. The fourth-order valence-corrected chi connectivity index (χ4v) is 2.74. The van der Waals surface area contributed by atoms with Gasteiger partial charge in [0.25, 0.3) is 0 Å². The lowest BCUT2D eigenvalue weighted by Crippen LogP contribution is -2.20. The molecule has 0 aliphatic carbocycles. The van der Waals surface area contributed by atoms with E-state index in [4.69, 9.17) is 4.74 Å². The fourth-order valence-electron chi connectivity index (χ4n) is 2.39. The highest BCUT2D eigenvalue weighted by Gasteiger charge is 2.21. The molecular weight excluding hydrogens is 394 g/mol. The van der Waals surface area contributed by atoms with Gasteiger partial charge in [-0.25, -0.2) is 14.8 Å². The Labute approximate surface area is 160 Å². The van der Waals surface area contributed by atoms with Crippen LogP contribution in [0.4, 0.5) is 10.6 Å². The van der Waals surface area contributed by atoms with E-state index >= 15 is 0 Å². The Kier molecular flexibility index (Phi) is 5.23. The average molecular weight is 414 g/mol. The Bertz CT molecular complexity index is 937. The fraction of sp³-hybridized carbons (Fsp3) is 0.250. The topological polar surface area (TPSA) is 64.1 Å². The molecule has 0 radical (unpaired) electrons. The monoisotopic (exact) mass is 413 g/mol. The highest BCUT2D eigenvalue weighted by Crippen LogP contribution is 2.28. The number of carbonyl (C=O) groups excluding carboxylic acids is 1. The second-order valence-electron chi connectivity index (χ2n) is 6.99. The van der Waals surface area contributed by atoms with Crippen molar-refractivity contribution in [1.82, 2.24) is 9.97 Å². The molecule has 0 unspecified atom stereocenters. The minimum Gasteiger partial charge on any atom is -0.444 e. The number of anilines is 1. The van der Waals surface area contributed by atoms with E-state index in [1.165, 1.54) is 0 Å². The van der Waals surface area contributed by atoms with Crippen LogP contribution in [-0.4, -0.2) is 16.1 Å². The molecule has 0 bridgehead atoms. The highest BCUT2D eigenvalue weighted by atomic mass is 79.9. The van der Waals surface area contributed by atoms with Crippen LogP contribution in [0.1, 0.15) is 32.2 Å². The summed E-state index contributed by atoms with van der Waals surface area (Å²) < 4.78 is 6.23. The quantitative estimate of drug-likeness (QED) is 0.620. The lowest BCUT2D eigenvalue weighted by atomic mass is 9.95. The van der Waals surface area contributed by atoms with Crippen LogP contribution >= 0.6 is 15.9 Å². The zero-order valence-corrected chi connectivity index (χ0v) is 16.5. The summed E-state index contributed by atoms with van der Waals surface area (Å²) in [6.07, 6.45) is -0.545. The first-order valence-electron chi connectivity index (χ1n) is 8.28. The molecule has 0 aliphatic rings. The molecule has 5 nitrogen and oxygen atoms in total. The number of nitrogens with one attached hydrogen (secondary N) is 1. The number of amides is 1. The minimum atomic E-state index is -0.545. The Morgan fingerprint density at radius 2 is 1.85 bits per heavy atom. The number of fused-ring (bicyclic) bond motifs is 1. The van der Waals surface area contributed by atoms with Crippen molar-refractivity contribution < 1.29 is 9.53 Å². The number of ether oxygens (including phenoxy) is 1. The first-order chi connectivity index (χ1) is 12.3. The molecule has 2 aromatic carbocycles. The molecule has 1 heterocycles. The summed E-state index contributed by atoms with van der Waals surface area (Å²) in [4.78, 5) is 21.4. The van der Waals surface area contributed by atoms with Crippen LogP contribution in [0.3, 0.4) is 0 Å². The Morgan fingerprint density at radius 3 is 2.54 bits per heavy atom. The lowest BCUT2D eigenvalue weighted by molar-refractivity contribution is 0.155. The molecule has 0 saturated carbocycles. The average Bonchev–Trinajstić information content (AvgIpc) is 2.59. The number of nitrogens with zero attached hydrogens (tertiary/aromatic N) is 2. The van der Waals surface area contributed by atoms with Crippen LogP contribution in [-0.2, 0) is 16.8 Å². The van der Waals surface area contributed by atoms with E-state index in [2.05, 4.69) is 31.2 Å². The van der Waals surface area contributed by atoms with Crippen LogP contribution < -0.4 is 5.32 Å². The van der Waals surface area contributed by atoms with Gasteiger partial charge >= 0.3 is 6.09 Å². The second-order valence-corrected chi connectivity index (χ2v) is 7.91. The predicted molar refractivity (Wildman–Crippen MR) is 106 cm³/mol. The van der Waals surface area contributed by atoms with Gasteiger partial charge in [0.05, 0.1) is 5.52 Å². The third-order valence-electron chi connectivity index (χ3n) is 3.76. The van der Waals surface area contributed by atoms with Crippen molar-refractivity contribution >= 4 is 38.7 Å². The van der Waals surface area contributed by atoms with Gasteiger partial charge in [-0.1, -0.05) is 67.0 Å². The molecule has 3 aromatic rings. The maximum atomic E-state index is 12.3. The predicted octanol–water partition coefficient (Wildman–Crippen LogP) is 5.44. The zero-order chi connectivity index (χ0) is 18.7. The van der Waals surface area contributed by atoms with E-state index in [0.29, 0.717) is 11.6 Å². The van der Waals surface area contributed by atoms with Gasteiger partial charge in [0.2, 0.25) is 0 Å². The van der Waals surface area contributed by atoms with Crippen LogP contribution in [0.2, 0.25) is 0 Å². The van der Waals surface area contributed by atoms with E-state index in [-0.39, 0.29) is 12.0 Å². The molecule has 1 aromatic heterocycles. The Morgan fingerprint density at radius 1 is 1.12 bits per heavy atom. The van der Waals surface area contributed by atoms with Crippen molar-refractivity contribution in [1.29, 1.82) is 0 Å². The van der Waals surface area contributed by atoms with E-state index in [1.54, 1.807) is 0 Å². The lowest BCUT2D eigenvalue weighted by Gasteiger charge is -2.19. The second kappa shape index (κ2) is 7.41. The number of carbonyl (C=O) groups is 1. The van der Waals surface area contributed by atoms with Gasteiger partial charge in [0.1, 0.15) is 18.2 Å². The van der Waals surface area contributed by atoms with Gasteiger partial charge in [-0.2, -0.15) is 0 Å². The van der Waals surface area contributed by atoms with Gasteiger partial charge in [-0.15, -0.1) is 0 Å². The third kappa shape index (κ3) is 4.38. The maximum Gasteiger partial charge on any atom is 0.413 e. The molecule has 3 rings (SSSR count). The molecule has 0 spiro atoms. The normalized spacial score (nSPS) is 11.4. The number of aromatic nitrogens is 2. The summed E-state index contributed by atoms with van der Waals surface area (Å²) in [5.41, 5.74) is 1.44. The van der Waals surface area contributed by atoms with Crippen molar-refractivity contribution in [2.45, 2.75) is 32.8 Å². The highest BCUT2D eigenvalue weighted by molar-refractivity contribution is 9.10. The van der Waals surface area contributed by atoms with Gasteiger partial charge in [0, 0.05) is 15.3 Å². The zero-order valence-electron chi connectivity index (χ0n) is 14.9. The number of hydrogen-bond acceptors (Lipinski definition) is 4. The number of benzene rings is 2. The molecule has 134 valence electrons. The molecule has 0 saturated heterocycles. The van der Waals surface area contributed by atoms with Crippen molar-refractivity contribution in [3.05, 3.63) is 64.4 Å². The number of rotatable bonds is 3. The summed E-state index contributed by atoms with van der Waals surface area (Å²) >= 11 is 3.46. The van der Waals surface area contributed by atoms with Gasteiger partial charge < -0.3 is 4.74 Å². The van der Waals surface area contributed by atoms with E-state index in [1.807, 2.05) is 69.3 Å². The van der Waals surface area contributed by atoms with Crippen molar-refractivity contribution in [2.75, 3.05) is 5.32 Å². The van der Waals surface area contributed by atoms with E-state index in [0.717, 1.165) is 20.9 Å². The van der Waals surface area contributed by atoms with Gasteiger partial charge in [0.15, 0.2) is 0 Å². The maximum absolute atomic E-state index is 12.3. The van der Waals surface area contributed by atoms with Crippen molar-refractivity contribution in [2.24, 2.45) is 0 Å². The summed E-state index contributed by atoms with van der Waals surface area (Å²) in [7, 11) is 0. The van der Waals surface area contributed by atoms with Crippen LogP contribution in [0, 0.1) is 0 Å². The van der Waals surface area contributed by atoms with E-state index in [9.17, 15) is 4.79 Å². The van der Waals surface area contributed by atoms with Gasteiger partial charge in [-0.3, -0.25) is 5.32 Å². The largest absolute Gasteiger partial charge is 0.444 e. The molecule has 0 aliphatic heterocycles. The molecular formula is C20H20BrN3O2. The molecule has 1 amide bonds. The summed E-state index contributed by atoms with van der Waals surface area (Å²) in [6, 6.07) is 15.2.